The van der Waals surface area contributed by atoms with E-state index in [0.29, 0.717) is 12.0 Å². The van der Waals surface area contributed by atoms with Gasteiger partial charge in [-0.1, -0.05) is 0 Å². The number of aromatic amines is 1. The third-order valence-corrected chi connectivity index (χ3v) is 3.32. The topological polar surface area (TPSA) is 120 Å². The minimum absolute atomic E-state index is 0.136. The third kappa shape index (κ3) is 2.82. The van der Waals surface area contributed by atoms with E-state index in [2.05, 4.69) is 10.2 Å². The van der Waals surface area contributed by atoms with Gasteiger partial charge in [0.15, 0.2) is 0 Å². The maximum absolute atomic E-state index is 11.8. The Kier molecular flexibility index (Phi) is 4.39. The standard InChI is InChI=1S/C11H15BN4O4/c1-6-3-16(11(19)14-10(6)18)9-2-7(15-12-5-13)8(4-17)20-9/h3,7-9,12,15,17H,2,4H2,1H3,(H,14,18,19)/t7-,8+,9+/m0/s1. The van der Waals surface area contributed by atoms with Gasteiger partial charge in [-0.25, -0.2) is 10.1 Å². The van der Waals surface area contributed by atoms with Crippen LogP contribution >= 0.6 is 0 Å². The smallest absolute Gasteiger partial charge is 0.330 e. The first-order chi connectivity index (χ1) is 9.56. The van der Waals surface area contributed by atoms with E-state index in [1.54, 1.807) is 6.92 Å². The van der Waals surface area contributed by atoms with E-state index in [0.717, 1.165) is 0 Å². The molecule has 20 heavy (non-hydrogen) atoms. The Bertz CT molecular complexity index is 635. The van der Waals surface area contributed by atoms with E-state index in [1.807, 2.05) is 5.97 Å². The van der Waals surface area contributed by atoms with Crippen molar-refractivity contribution in [2.75, 3.05) is 6.61 Å². The Hall–Kier alpha value is -1.89. The molecule has 3 atom stereocenters. The Morgan fingerprint density at radius 2 is 2.45 bits per heavy atom. The van der Waals surface area contributed by atoms with Gasteiger partial charge in [-0.05, 0) is 6.92 Å². The second-order valence-corrected chi connectivity index (χ2v) is 4.67. The van der Waals surface area contributed by atoms with Gasteiger partial charge in [-0.15, -0.1) is 0 Å². The Labute approximate surface area is 115 Å². The van der Waals surface area contributed by atoms with Crippen LogP contribution in [0.5, 0.6) is 0 Å². The van der Waals surface area contributed by atoms with Gasteiger partial charge in [0.05, 0.1) is 12.7 Å². The number of nitrogens with zero attached hydrogens (tertiary/aromatic N) is 2. The molecule has 3 N–H and O–H groups in total. The summed E-state index contributed by atoms with van der Waals surface area (Å²) in [7, 11) is 0.136. The molecule has 1 aliphatic heterocycles. The minimum Gasteiger partial charge on any atom is -0.394 e. The maximum Gasteiger partial charge on any atom is 0.330 e. The van der Waals surface area contributed by atoms with Crippen molar-refractivity contribution in [3.05, 3.63) is 32.6 Å². The number of rotatable bonds is 4. The number of aryl methyl sites for hydroxylation is 1. The monoisotopic (exact) mass is 278 g/mol. The van der Waals surface area contributed by atoms with Crippen LogP contribution in [-0.2, 0) is 4.74 Å². The highest BCUT2D eigenvalue weighted by Gasteiger charge is 2.35. The molecule has 1 aliphatic rings. The molecule has 1 aromatic rings. The number of aliphatic hydroxyl groups is 1. The molecule has 0 spiro atoms. The van der Waals surface area contributed by atoms with Crippen molar-refractivity contribution in [3.8, 4) is 5.97 Å². The average molecular weight is 278 g/mol. The number of aromatic nitrogens is 2. The molecular weight excluding hydrogens is 263 g/mol. The molecule has 0 aliphatic carbocycles. The number of hydrogen-bond donors (Lipinski definition) is 3. The lowest BCUT2D eigenvalue weighted by Gasteiger charge is -2.15. The lowest BCUT2D eigenvalue weighted by molar-refractivity contribution is -0.0280. The van der Waals surface area contributed by atoms with E-state index >= 15 is 0 Å². The van der Waals surface area contributed by atoms with Crippen molar-refractivity contribution in [1.29, 1.82) is 5.26 Å². The molecule has 0 amide bonds. The summed E-state index contributed by atoms with van der Waals surface area (Å²) in [4.78, 5) is 25.3. The molecule has 2 rings (SSSR count). The van der Waals surface area contributed by atoms with Crippen molar-refractivity contribution >= 4 is 7.41 Å². The predicted molar refractivity (Wildman–Crippen MR) is 71.4 cm³/mol. The molecule has 9 heteroatoms. The fraction of sp³-hybridized carbons (Fsp3) is 0.545. The zero-order valence-electron chi connectivity index (χ0n) is 11.0. The van der Waals surface area contributed by atoms with Crippen molar-refractivity contribution in [2.24, 2.45) is 0 Å². The van der Waals surface area contributed by atoms with E-state index in [1.165, 1.54) is 10.8 Å². The first-order valence-corrected chi connectivity index (χ1v) is 6.25. The molecule has 1 aromatic heterocycles. The lowest BCUT2D eigenvalue weighted by atomic mass is 9.94. The largest absolute Gasteiger partial charge is 0.394 e. The second kappa shape index (κ2) is 6.05. The molecule has 0 aromatic carbocycles. The van der Waals surface area contributed by atoms with Gasteiger partial charge in [-0.3, -0.25) is 14.3 Å². The van der Waals surface area contributed by atoms with Crippen LogP contribution in [0.15, 0.2) is 15.8 Å². The summed E-state index contributed by atoms with van der Waals surface area (Å²) in [6, 6.07) is -0.219. The van der Waals surface area contributed by atoms with Crippen LogP contribution in [0.1, 0.15) is 18.2 Å². The predicted octanol–water partition coefficient (Wildman–Crippen LogP) is -2.08. The summed E-state index contributed by atoms with van der Waals surface area (Å²) in [5.41, 5.74) is -0.576. The number of aliphatic hydroxyl groups excluding tert-OH is 1. The van der Waals surface area contributed by atoms with E-state index in [4.69, 9.17) is 10.00 Å². The fourth-order valence-electron chi connectivity index (χ4n) is 2.26. The highest BCUT2D eigenvalue weighted by atomic mass is 16.5. The molecule has 1 fully saturated rings. The van der Waals surface area contributed by atoms with Crippen LogP contribution in [0.3, 0.4) is 0 Å². The summed E-state index contributed by atoms with van der Waals surface area (Å²) in [5.74, 6) is 1.96. The highest BCUT2D eigenvalue weighted by Crippen LogP contribution is 2.27. The van der Waals surface area contributed by atoms with Crippen LogP contribution in [0.4, 0.5) is 0 Å². The van der Waals surface area contributed by atoms with E-state index in [-0.39, 0.29) is 20.1 Å². The SMILES string of the molecule is Cc1cn([C@H]2C[C@H](NBC#N)[C@@H](CO)O2)c(=O)[nH]c1=O. The number of H-pyrrole nitrogens is 1. The van der Waals surface area contributed by atoms with E-state index < -0.39 is 23.6 Å². The molecule has 1 saturated heterocycles. The third-order valence-electron chi connectivity index (χ3n) is 3.32. The molecule has 0 bridgehead atoms. The van der Waals surface area contributed by atoms with Gasteiger partial charge in [0.25, 0.3) is 5.56 Å². The lowest BCUT2D eigenvalue weighted by Crippen LogP contribution is -2.40. The number of hydrogen-bond acceptors (Lipinski definition) is 6. The molecule has 8 nitrogen and oxygen atoms in total. The van der Waals surface area contributed by atoms with Crippen LogP contribution in [0.2, 0.25) is 0 Å². The van der Waals surface area contributed by atoms with Crippen LogP contribution in [-0.4, -0.2) is 40.8 Å². The summed E-state index contributed by atoms with van der Waals surface area (Å²) in [6.45, 7) is 1.38. The Balaban J connectivity index is 2.23. The minimum atomic E-state index is -0.577. The number of nitriles is 1. The van der Waals surface area contributed by atoms with Crippen LogP contribution in [0, 0.1) is 18.2 Å². The summed E-state index contributed by atoms with van der Waals surface area (Å²) < 4.78 is 6.90. The molecular formula is C11H15BN4O4. The zero-order chi connectivity index (χ0) is 14.7. The van der Waals surface area contributed by atoms with Gasteiger partial charge in [-0.2, -0.15) is 0 Å². The normalized spacial score (nSPS) is 25.4. The fourth-order valence-corrected chi connectivity index (χ4v) is 2.26. The summed E-state index contributed by atoms with van der Waals surface area (Å²) >= 11 is 0. The van der Waals surface area contributed by atoms with Gasteiger partial charge in [0.2, 0.25) is 0 Å². The Morgan fingerprint density at radius 3 is 3.10 bits per heavy atom. The summed E-state index contributed by atoms with van der Waals surface area (Å²) in [6.07, 6.45) is 0.796. The Morgan fingerprint density at radius 1 is 1.70 bits per heavy atom. The number of nitrogens with one attached hydrogen (secondary N) is 2. The molecule has 2 heterocycles. The second-order valence-electron chi connectivity index (χ2n) is 4.67. The molecule has 106 valence electrons. The van der Waals surface area contributed by atoms with Crippen molar-refractivity contribution < 1.29 is 9.84 Å². The molecule has 0 radical (unpaired) electrons. The number of ether oxygens (including phenoxy) is 1. The van der Waals surface area contributed by atoms with Gasteiger partial charge < -0.3 is 15.1 Å². The quantitative estimate of drug-likeness (QED) is 0.543. The van der Waals surface area contributed by atoms with E-state index in [9.17, 15) is 14.7 Å². The highest BCUT2D eigenvalue weighted by molar-refractivity contribution is 6.42. The molecule has 0 unspecified atom stereocenters. The van der Waals surface area contributed by atoms with Crippen LogP contribution in [0.25, 0.3) is 0 Å². The van der Waals surface area contributed by atoms with Crippen LogP contribution < -0.4 is 16.5 Å². The van der Waals surface area contributed by atoms with Crippen molar-refractivity contribution in [3.63, 3.8) is 0 Å². The first-order valence-electron chi connectivity index (χ1n) is 6.25. The van der Waals surface area contributed by atoms with Crippen molar-refractivity contribution in [2.45, 2.75) is 31.7 Å². The first kappa shape index (κ1) is 14.5. The average Bonchev–Trinajstić information content (AvgIpc) is 2.83. The molecule has 0 saturated carbocycles. The van der Waals surface area contributed by atoms with Gasteiger partial charge >= 0.3 is 13.1 Å². The summed E-state index contributed by atoms with van der Waals surface area (Å²) in [5, 5.41) is 20.8. The zero-order valence-corrected chi connectivity index (χ0v) is 11.0. The maximum atomic E-state index is 11.8. The van der Waals surface area contributed by atoms with Gasteiger partial charge in [0.1, 0.15) is 6.23 Å². The van der Waals surface area contributed by atoms with Gasteiger partial charge in [0, 0.05) is 30.2 Å². The van der Waals surface area contributed by atoms with Crippen molar-refractivity contribution in [1.82, 2.24) is 14.8 Å².